The molecule has 1 atom stereocenters. The molecule has 2 saturated heterocycles. The first-order chi connectivity index (χ1) is 14.5. The fraction of sp³-hybridized carbons (Fsp3) is 0.682. The molecule has 0 aromatic heterocycles. The van der Waals surface area contributed by atoms with Crippen molar-refractivity contribution >= 4 is 11.6 Å². The largest absolute Gasteiger partial charge is 0.478 e. The number of fused-ring (bicyclic) bond motifs is 1. The summed E-state index contributed by atoms with van der Waals surface area (Å²) in [6, 6.07) is 3.09. The van der Waals surface area contributed by atoms with E-state index in [1.807, 2.05) is 11.9 Å². The molecule has 3 heterocycles. The minimum absolute atomic E-state index is 0.121. The molecule has 0 radical (unpaired) electrons. The third-order valence-corrected chi connectivity index (χ3v) is 6.30. The topological polar surface area (TPSA) is 57.3 Å². The van der Waals surface area contributed by atoms with Crippen molar-refractivity contribution in [2.24, 2.45) is 0 Å². The molecule has 1 amide bonds. The van der Waals surface area contributed by atoms with Crippen molar-refractivity contribution in [2.75, 3.05) is 57.8 Å². The number of hydrogen-bond acceptors (Lipinski definition) is 6. The summed E-state index contributed by atoms with van der Waals surface area (Å²) in [6.07, 6.45) is 2.74. The lowest BCUT2D eigenvalue weighted by atomic mass is 10.00. The lowest BCUT2D eigenvalue weighted by Gasteiger charge is -2.37. The molecule has 0 saturated carbocycles. The molecule has 3 aliphatic rings. The van der Waals surface area contributed by atoms with Crippen molar-refractivity contribution in [3.63, 3.8) is 0 Å². The Morgan fingerprint density at radius 2 is 1.90 bits per heavy atom. The number of amides is 1. The summed E-state index contributed by atoms with van der Waals surface area (Å²) in [5.74, 6) is 0.304. The molecule has 166 valence electrons. The number of ether oxygens (including phenoxy) is 2. The minimum Gasteiger partial charge on any atom is -0.478 e. The number of piperazine rings is 1. The molecule has 1 aromatic carbocycles. The maximum Gasteiger partial charge on any atom is 0.275 e. The first-order valence-corrected chi connectivity index (χ1v) is 11.1. The number of hydrogen-bond donors (Lipinski definition) is 1. The summed E-state index contributed by atoms with van der Waals surface area (Å²) < 4.78 is 26.1. The Morgan fingerprint density at radius 1 is 1.17 bits per heavy atom. The second kappa shape index (κ2) is 9.49. The van der Waals surface area contributed by atoms with Crippen LogP contribution in [0.5, 0.6) is 5.75 Å². The number of halogens is 1. The molecule has 7 nitrogen and oxygen atoms in total. The first kappa shape index (κ1) is 21.3. The lowest BCUT2D eigenvalue weighted by Crippen LogP contribution is -2.52. The van der Waals surface area contributed by atoms with Gasteiger partial charge in [0, 0.05) is 51.9 Å². The van der Waals surface area contributed by atoms with E-state index in [0.717, 1.165) is 70.0 Å². The number of aryl methyl sites for hydroxylation is 1. The Kier molecular flexibility index (Phi) is 6.75. The summed E-state index contributed by atoms with van der Waals surface area (Å²) in [5.41, 5.74) is 4.64. The molecule has 30 heavy (non-hydrogen) atoms. The second-order valence-corrected chi connectivity index (χ2v) is 8.47. The number of carbonyl (C=O) groups excluding carboxylic acids is 1. The van der Waals surface area contributed by atoms with E-state index in [9.17, 15) is 9.18 Å². The van der Waals surface area contributed by atoms with Gasteiger partial charge in [0.15, 0.2) is 6.10 Å². The fourth-order valence-corrected chi connectivity index (χ4v) is 4.51. The zero-order valence-corrected chi connectivity index (χ0v) is 18.0. The van der Waals surface area contributed by atoms with Crippen LogP contribution in [0.3, 0.4) is 0 Å². The second-order valence-electron chi connectivity index (χ2n) is 8.47. The molecule has 3 aliphatic heterocycles. The lowest BCUT2D eigenvalue weighted by molar-refractivity contribution is -0.135. The highest BCUT2D eigenvalue weighted by Crippen LogP contribution is 2.38. The van der Waals surface area contributed by atoms with Crippen molar-refractivity contribution in [3.8, 4) is 5.75 Å². The Bertz CT molecular complexity index is 746. The van der Waals surface area contributed by atoms with Gasteiger partial charge in [-0.25, -0.2) is 9.40 Å². The molecule has 0 aliphatic carbocycles. The van der Waals surface area contributed by atoms with Crippen molar-refractivity contribution < 1.29 is 18.7 Å². The standard InChI is InChI=1S/C22H33FN4O3/c1-3-29-18-6-8-27(9-7-18)24-22(28)20-5-4-16-14-17(23)15-19(21(16)30-20)26-12-10-25(2)11-13-26/h14-15,18,20H,3-13H2,1-2H3,(H,24,28). The van der Waals surface area contributed by atoms with E-state index in [-0.39, 0.29) is 17.8 Å². The van der Waals surface area contributed by atoms with Gasteiger partial charge in [-0.3, -0.25) is 10.2 Å². The van der Waals surface area contributed by atoms with Gasteiger partial charge in [-0.05, 0) is 51.3 Å². The van der Waals surface area contributed by atoms with Crippen LogP contribution in [0.25, 0.3) is 0 Å². The average Bonchev–Trinajstić information content (AvgIpc) is 2.75. The molecule has 1 N–H and O–H groups in total. The van der Waals surface area contributed by atoms with E-state index in [4.69, 9.17) is 9.47 Å². The highest BCUT2D eigenvalue weighted by Gasteiger charge is 2.32. The number of hydrazine groups is 1. The Balaban J connectivity index is 1.41. The van der Waals surface area contributed by atoms with Crippen LogP contribution in [0.15, 0.2) is 12.1 Å². The number of anilines is 1. The summed E-state index contributed by atoms with van der Waals surface area (Å²) in [4.78, 5) is 17.3. The molecular formula is C22H33FN4O3. The van der Waals surface area contributed by atoms with E-state index < -0.39 is 6.10 Å². The number of nitrogens with one attached hydrogen (secondary N) is 1. The van der Waals surface area contributed by atoms with Gasteiger partial charge in [0.25, 0.3) is 5.91 Å². The fourth-order valence-electron chi connectivity index (χ4n) is 4.51. The molecule has 0 spiro atoms. The summed E-state index contributed by atoms with van der Waals surface area (Å²) >= 11 is 0. The van der Waals surface area contributed by atoms with Crippen molar-refractivity contribution in [1.82, 2.24) is 15.3 Å². The number of likely N-dealkylation sites (N-methyl/N-ethyl adjacent to an activating group) is 1. The van der Waals surface area contributed by atoms with Crippen LogP contribution in [0.2, 0.25) is 0 Å². The van der Waals surface area contributed by atoms with Gasteiger partial charge in [0.05, 0.1) is 11.8 Å². The highest BCUT2D eigenvalue weighted by atomic mass is 19.1. The number of piperidine rings is 1. The van der Waals surface area contributed by atoms with Crippen LogP contribution in [0.1, 0.15) is 31.7 Å². The van der Waals surface area contributed by atoms with Crippen LogP contribution in [-0.2, 0) is 16.0 Å². The van der Waals surface area contributed by atoms with Gasteiger partial charge in [-0.15, -0.1) is 0 Å². The third kappa shape index (κ3) is 4.87. The summed E-state index contributed by atoms with van der Waals surface area (Å²) in [5, 5.41) is 1.96. The van der Waals surface area contributed by atoms with E-state index in [0.29, 0.717) is 18.6 Å². The number of carbonyl (C=O) groups is 1. The van der Waals surface area contributed by atoms with Gasteiger partial charge in [-0.2, -0.15) is 0 Å². The Morgan fingerprint density at radius 3 is 2.60 bits per heavy atom. The predicted octanol–water partition coefficient (Wildman–Crippen LogP) is 1.80. The van der Waals surface area contributed by atoms with E-state index in [2.05, 4.69) is 22.3 Å². The number of rotatable bonds is 5. The number of benzene rings is 1. The van der Waals surface area contributed by atoms with Gasteiger partial charge in [-0.1, -0.05) is 0 Å². The summed E-state index contributed by atoms with van der Waals surface area (Å²) in [6.45, 7) is 7.77. The van der Waals surface area contributed by atoms with Gasteiger partial charge >= 0.3 is 0 Å². The van der Waals surface area contributed by atoms with Gasteiger partial charge in [0.1, 0.15) is 11.6 Å². The average molecular weight is 421 g/mol. The summed E-state index contributed by atoms with van der Waals surface area (Å²) in [7, 11) is 2.09. The zero-order chi connectivity index (χ0) is 21.1. The first-order valence-electron chi connectivity index (χ1n) is 11.1. The van der Waals surface area contributed by atoms with E-state index in [1.165, 1.54) is 0 Å². The molecular weight excluding hydrogens is 387 g/mol. The van der Waals surface area contributed by atoms with E-state index >= 15 is 0 Å². The normalized spacial score (nSPS) is 23.7. The van der Waals surface area contributed by atoms with Crippen molar-refractivity contribution in [3.05, 3.63) is 23.5 Å². The maximum absolute atomic E-state index is 14.2. The molecule has 2 fully saturated rings. The molecule has 8 heteroatoms. The van der Waals surface area contributed by atoms with Crippen LogP contribution < -0.4 is 15.1 Å². The van der Waals surface area contributed by atoms with Crippen LogP contribution in [0.4, 0.5) is 10.1 Å². The number of nitrogens with zero attached hydrogens (tertiary/aromatic N) is 3. The molecule has 1 aromatic rings. The van der Waals surface area contributed by atoms with Crippen molar-refractivity contribution in [2.45, 2.75) is 44.8 Å². The van der Waals surface area contributed by atoms with Gasteiger partial charge in [0.2, 0.25) is 0 Å². The maximum atomic E-state index is 14.2. The predicted molar refractivity (Wildman–Crippen MR) is 113 cm³/mol. The van der Waals surface area contributed by atoms with Crippen LogP contribution >= 0.6 is 0 Å². The quantitative estimate of drug-likeness (QED) is 0.784. The zero-order valence-electron chi connectivity index (χ0n) is 18.0. The van der Waals surface area contributed by atoms with Crippen molar-refractivity contribution in [1.29, 1.82) is 0 Å². The molecule has 0 bridgehead atoms. The minimum atomic E-state index is -0.557. The molecule has 4 rings (SSSR count). The smallest absolute Gasteiger partial charge is 0.275 e. The van der Waals surface area contributed by atoms with Crippen LogP contribution in [-0.4, -0.2) is 80.9 Å². The van der Waals surface area contributed by atoms with Gasteiger partial charge < -0.3 is 19.3 Å². The third-order valence-electron chi connectivity index (χ3n) is 6.30. The Hall–Kier alpha value is -1.90. The SMILES string of the molecule is CCOC1CCN(NC(=O)C2CCc3cc(F)cc(N4CCN(C)CC4)c3O2)CC1. The molecule has 1 unspecified atom stereocenters. The monoisotopic (exact) mass is 420 g/mol. The van der Waals surface area contributed by atoms with E-state index in [1.54, 1.807) is 12.1 Å². The highest BCUT2D eigenvalue weighted by molar-refractivity contribution is 5.81. The van der Waals surface area contributed by atoms with Crippen LogP contribution in [0, 0.1) is 5.82 Å². The Labute approximate surface area is 178 Å².